The molecular weight excluding hydrogens is 172 g/mol. The Labute approximate surface area is 83.0 Å². The number of para-hydroxylation sites is 1. The van der Waals surface area contributed by atoms with Gasteiger partial charge in [0.1, 0.15) is 11.9 Å². The van der Waals surface area contributed by atoms with Crippen molar-refractivity contribution in [1.82, 2.24) is 0 Å². The largest absolute Gasteiger partial charge is 0.481 e. The van der Waals surface area contributed by atoms with Crippen LogP contribution in [0.2, 0.25) is 0 Å². The first-order valence-corrected chi connectivity index (χ1v) is 4.68. The first kappa shape index (κ1) is 7.63. The Morgan fingerprint density at radius 2 is 2.07 bits per heavy atom. The number of hydrogen-bond acceptors (Lipinski definition) is 1. The molecule has 0 aromatic heterocycles. The zero-order valence-electron chi connectivity index (χ0n) is 7.60. The molecule has 0 fully saturated rings. The fourth-order valence-corrected chi connectivity index (χ4v) is 1.70. The summed E-state index contributed by atoms with van der Waals surface area (Å²) < 4.78 is 5.80. The quantitative estimate of drug-likeness (QED) is 0.598. The second-order valence-electron chi connectivity index (χ2n) is 3.36. The number of rotatable bonds is 0. The molecule has 0 saturated carbocycles. The summed E-state index contributed by atoms with van der Waals surface area (Å²) in [6.45, 7) is 0. The van der Waals surface area contributed by atoms with Crippen molar-refractivity contribution in [2.24, 2.45) is 0 Å². The van der Waals surface area contributed by atoms with Crippen LogP contribution in [0.5, 0.6) is 5.75 Å². The highest BCUT2D eigenvalue weighted by atomic mass is 16.5. The molecule has 0 N–H and O–H groups in total. The zero-order valence-corrected chi connectivity index (χ0v) is 7.60. The van der Waals surface area contributed by atoms with Crippen LogP contribution in [0.4, 0.5) is 0 Å². The van der Waals surface area contributed by atoms with Gasteiger partial charge in [-0.25, -0.2) is 0 Å². The molecule has 3 rings (SSSR count). The molecule has 1 nitrogen and oxygen atoms in total. The summed E-state index contributed by atoms with van der Waals surface area (Å²) >= 11 is 0. The van der Waals surface area contributed by atoms with Crippen LogP contribution in [0, 0.1) is 6.08 Å². The first-order valence-electron chi connectivity index (χ1n) is 4.68. The van der Waals surface area contributed by atoms with Crippen LogP contribution in [0.25, 0.3) is 0 Å². The lowest BCUT2D eigenvalue weighted by Crippen LogP contribution is -2.21. The van der Waals surface area contributed by atoms with Gasteiger partial charge < -0.3 is 4.74 Å². The van der Waals surface area contributed by atoms with Crippen molar-refractivity contribution in [3.8, 4) is 5.75 Å². The number of allylic oxidation sites excluding steroid dienone is 2. The summed E-state index contributed by atoms with van der Waals surface area (Å²) in [5.41, 5.74) is 2.14. The summed E-state index contributed by atoms with van der Waals surface area (Å²) in [6, 6.07) is 7.97. The summed E-state index contributed by atoms with van der Waals surface area (Å²) in [7, 11) is 0. The van der Waals surface area contributed by atoms with Crippen molar-refractivity contribution in [3.05, 3.63) is 65.8 Å². The maximum Gasteiger partial charge on any atom is 0.143 e. The van der Waals surface area contributed by atoms with E-state index in [1.165, 1.54) is 0 Å². The molecule has 0 amide bonds. The molecular formula is C13H9O. The summed E-state index contributed by atoms with van der Waals surface area (Å²) in [5.74, 6) is 0.918. The smallest absolute Gasteiger partial charge is 0.143 e. The highest BCUT2D eigenvalue weighted by Crippen LogP contribution is 2.29. The van der Waals surface area contributed by atoms with E-state index in [9.17, 15) is 0 Å². The third-order valence-electron chi connectivity index (χ3n) is 2.40. The monoisotopic (exact) mass is 181 g/mol. The molecule has 1 heteroatoms. The van der Waals surface area contributed by atoms with E-state index in [4.69, 9.17) is 4.74 Å². The van der Waals surface area contributed by atoms with E-state index < -0.39 is 0 Å². The lowest BCUT2D eigenvalue weighted by Gasteiger charge is -2.24. The molecule has 1 atom stereocenters. The predicted octanol–water partition coefficient (Wildman–Crippen LogP) is 2.65. The molecule has 0 spiro atoms. The van der Waals surface area contributed by atoms with Crippen LogP contribution in [0.3, 0.4) is 0 Å². The molecule has 1 aliphatic heterocycles. The number of benzene rings is 1. The van der Waals surface area contributed by atoms with Crippen molar-refractivity contribution in [2.75, 3.05) is 0 Å². The van der Waals surface area contributed by atoms with E-state index >= 15 is 0 Å². The molecule has 2 aliphatic rings. The van der Waals surface area contributed by atoms with Crippen molar-refractivity contribution in [3.63, 3.8) is 0 Å². The van der Waals surface area contributed by atoms with Crippen LogP contribution < -0.4 is 4.74 Å². The molecule has 0 saturated heterocycles. The van der Waals surface area contributed by atoms with E-state index in [0.717, 1.165) is 16.9 Å². The molecule has 14 heavy (non-hydrogen) atoms. The van der Waals surface area contributed by atoms with Gasteiger partial charge in [0.15, 0.2) is 0 Å². The maximum absolute atomic E-state index is 5.80. The Morgan fingerprint density at radius 1 is 1.14 bits per heavy atom. The SMILES string of the molecule is [C]1=C2C=CC=CC2Oc2ccccc21. The van der Waals surface area contributed by atoms with Gasteiger partial charge >= 0.3 is 0 Å². The molecule has 67 valence electrons. The van der Waals surface area contributed by atoms with Gasteiger partial charge in [-0.1, -0.05) is 36.4 Å². The van der Waals surface area contributed by atoms with Crippen LogP contribution in [0.1, 0.15) is 5.56 Å². The minimum atomic E-state index is 0.0508. The molecule has 1 radical (unpaired) electrons. The standard InChI is InChI=1S/C13H9O/c1-3-7-12-10(5-1)9-11-6-2-4-8-13(11)14-12/h1-8,12H. The second kappa shape index (κ2) is 2.88. The Morgan fingerprint density at radius 3 is 3.07 bits per heavy atom. The third-order valence-corrected chi connectivity index (χ3v) is 2.40. The lowest BCUT2D eigenvalue weighted by atomic mass is 9.98. The van der Waals surface area contributed by atoms with Gasteiger partial charge in [0.25, 0.3) is 0 Å². The van der Waals surface area contributed by atoms with Gasteiger partial charge in [-0.2, -0.15) is 0 Å². The Hall–Kier alpha value is -1.76. The van der Waals surface area contributed by atoms with Gasteiger partial charge in [0.2, 0.25) is 0 Å². The third kappa shape index (κ3) is 1.10. The van der Waals surface area contributed by atoms with Crippen molar-refractivity contribution >= 4 is 0 Å². The Kier molecular flexibility index (Phi) is 1.57. The Balaban J connectivity index is 2.13. The average molecular weight is 181 g/mol. The van der Waals surface area contributed by atoms with Gasteiger partial charge in [-0.3, -0.25) is 0 Å². The molecule has 1 heterocycles. The fourth-order valence-electron chi connectivity index (χ4n) is 1.70. The molecule has 1 aliphatic carbocycles. The van der Waals surface area contributed by atoms with Crippen molar-refractivity contribution < 1.29 is 4.74 Å². The normalized spacial score (nSPS) is 22.0. The minimum absolute atomic E-state index is 0.0508. The number of hydrogen-bond donors (Lipinski definition) is 0. The number of ether oxygens (including phenoxy) is 1. The van der Waals surface area contributed by atoms with Crippen molar-refractivity contribution in [1.29, 1.82) is 0 Å². The van der Waals surface area contributed by atoms with E-state index in [1.807, 2.05) is 48.6 Å². The minimum Gasteiger partial charge on any atom is -0.481 e. The van der Waals surface area contributed by atoms with E-state index in [1.54, 1.807) is 0 Å². The van der Waals surface area contributed by atoms with Crippen LogP contribution >= 0.6 is 0 Å². The van der Waals surface area contributed by atoms with E-state index in [2.05, 4.69) is 6.08 Å². The van der Waals surface area contributed by atoms with Crippen LogP contribution in [-0.2, 0) is 0 Å². The molecule has 0 bridgehead atoms. The van der Waals surface area contributed by atoms with E-state index in [-0.39, 0.29) is 6.10 Å². The van der Waals surface area contributed by atoms with Gasteiger partial charge in [0.05, 0.1) is 0 Å². The fraction of sp³-hybridized carbons (Fsp3) is 0.0769. The first-order chi connectivity index (χ1) is 6.93. The predicted molar refractivity (Wildman–Crippen MR) is 55.0 cm³/mol. The Bertz CT molecular complexity index is 452. The average Bonchev–Trinajstić information content (AvgIpc) is 2.26. The summed E-state index contributed by atoms with van der Waals surface area (Å²) in [4.78, 5) is 0. The van der Waals surface area contributed by atoms with Crippen molar-refractivity contribution in [2.45, 2.75) is 6.10 Å². The highest BCUT2D eigenvalue weighted by Gasteiger charge is 2.19. The molecule has 1 aromatic carbocycles. The van der Waals surface area contributed by atoms with Crippen LogP contribution in [-0.4, -0.2) is 6.10 Å². The van der Waals surface area contributed by atoms with Crippen LogP contribution in [0.15, 0.2) is 54.1 Å². The zero-order chi connectivity index (χ0) is 9.38. The summed E-state index contributed by atoms with van der Waals surface area (Å²) in [6.07, 6.45) is 11.5. The topological polar surface area (TPSA) is 9.23 Å². The molecule has 1 unspecified atom stereocenters. The second-order valence-corrected chi connectivity index (χ2v) is 3.36. The lowest BCUT2D eigenvalue weighted by molar-refractivity contribution is 0.279. The summed E-state index contributed by atoms with van der Waals surface area (Å²) in [5, 5.41) is 0. The maximum atomic E-state index is 5.80. The number of fused-ring (bicyclic) bond motifs is 2. The molecule has 1 aromatic rings. The highest BCUT2D eigenvalue weighted by molar-refractivity contribution is 5.48. The van der Waals surface area contributed by atoms with E-state index in [0.29, 0.717) is 0 Å². The van der Waals surface area contributed by atoms with Gasteiger partial charge in [-0.05, 0) is 12.1 Å². The van der Waals surface area contributed by atoms with Gasteiger partial charge in [-0.15, -0.1) is 0 Å². The van der Waals surface area contributed by atoms with Gasteiger partial charge in [0, 0.05) is 17.2 Å².